The Bertz CT molecular complexity index is 1850. The molecule has 2 N–H and O–H groups in total. The summed E-state index contributed by atoms with van der Waals surface area (Å²) in [7, 11) is 0. The minimum atomic E-state index is -1.46. The van der Waals surface area contributed by atoms with Gasteiger partial charge in [-0.15, -0.1) is 0 Å². The van der Waals surface area contributed by atoms with Crippen molar-refractivity contribution in [3.8, 4) is 5.75 Å². The van der Waals surface area contributed by atoms with E-state index >= 15 is 4.79 Å². The second kappa shape index (κ2) is 11.6. The number of phenols is 1. The summed E-state index contributed by atoms with van der Waals surface area (Å²) < 4.78 is 0. The zero-order chi connectivity index (χ0) is 33.3. The average Bonchev–Trinajstić information content (AvgIpc) is 3.48. The van der Waals surface area contributed by atoms with Crippen molar-refractivity contribution in [3.05, 3.63) is 106 Å². The van der Waals surface area contributed by atoms with E-state index in [1.54, 1.807) is 17.0 Å². The third-order valence-electron chi connectivity index (χ3n) is 11.7. The van der Waals surface area contributed by atoms with Gasteiger partial charge in [-0.05, 0) is 74.4 Å². The number of likely N-dealkylation sites (tertiary alicyclic amines) is 1. The number of hydrogen-bond acceptors (Lipinski definition) is 6. The molecule has 8 nitrogen and oxygen atoms in total. The van der Waals surface area contributed by atoms with Crippen LogP contribution in [0.2, 0.25) is 5.02 Å². The molecule has 246 valence electrons. The Kier molecular flexibility index (Phi) is 7.47. The molecule has 3 aliphatic carbocycles. The van der Waals surface area contributed by atoms with E-state index in [9.17, 15) is 19.5 Å². The Morgan fingerprint density at radius 1 is 0.854 bits per heavy atom. The summed E-state index contributed by atoms with van der Waals surface area (Å²) in [5.74, 6) is -4.52. The molecule has 8 rings (SSSR count). The predicted molar refractivity (Wildman–Crippen MR) is 181 cm³/mol. The van der Waals surface area contributed by atoms with E-state index in [1.807, 2.05) is 67.6 Å². The minimum absolute atomic E-state index is 0.0509. The molecule has 0 spiro atoms. The van der Waals surface area contributed by atoms with Crippen molar-refractivity contribution in [2.45, 2.75) is 69.2 Å². The van der Waals surface area contributed by atoms with Gasteiger partial charge in [0.05, 0.1) is 28.9 Å². The summed E-state index contributed by atoms with van der Waals surface area (Å²) in [6.45, 7) is 1.96. The van der Waals surface area contributed by atoms with Crippen LogP contribution in [-0.4, -0.2) is 44.7 Å². The molecule has 3 aromatic carbocycles. The van der Waals surface area contributed by atoms with Crippen LogP contribution in [0.25, 0.3) is 0 Å². The van der Waals surface area contributed by atoms with Gasteiger partial charge in [0, 0.05) is 22.5 Å². The topological polar surface area (TPSA) is 107 Å². The zero-order valence-corrected chi connectivity index (χ0v) is 27.5. The Morgan fingerprint density at radius 2 is 1.58 bits per heavy atom. The van der Waals surface area contributed by atoms with Crippen LogP contribution in [0.4, 0.5) is 5.69 Å². The van der Waals surface area contributed by atoms with Gasteiger partial charge in [-0.2, -0.15) is 5.01 Å². The normalized spacial score (nSPS) is 30.2. The van der Waals surface area contributed by atoms with E-state index in [0.717, 1.165) is 48.2 Å². The van der Waals surface area contributed by atoms with E-state index in [1.165, 1.54) is 6.07 Å². The number of phenolic OH excluding ortho intramolecular Hbond substituents is 1. The number of aryl methyl sites for hydroxylation is 1. The number of hydrogen-bond donors (Lipinski definition) is 2. The molecule has 6 unspecified atom stereocenters. The smallest absolute Gasteiger partial charge is 0.260 e. The molecule has 2 saturated carbocycles. The number of nitrogens with one attached hydrogen (secondary N) is 1. The van der Waals surface area contributed by atoms with Gasteiger partial charge in [0.15, 0.2) is 0 Å². The lowest BCUT2D eigenvalue weighted by Crippen LogP contribution is -2.53. The van der Waals surface area contributed by atoms with Crippen molar-refractivity contribution >= 4 is 40.9 Å². The fraction of sp³-hybridized carbons (Fsp3) is 0.385. The number of rotatable bonds is 5. The molecular formula is C39H38ClN3O5. The molecule has 2 aliphatic heterocycles. The maximum Gasteiger partial charge on any atom is 0.260 e. The number of aromatic hydroxyl groups is 1. The molecule has 0 bridgehead atoms. The summed E-state index contributed by atoms with van der Waals surface area (Å²) in [6.07, 6.45) is 7.29. The summed E-state index contributed by atoms with van der Waals surface area (Å²) in [4.78, 5) is 59.8. The van der Waals surface area contributed by atoms with Crippen LogP contribution in [0.5, 0.6) is 5.75 Å². The first-order valence-corrected chi connectivity index (χ1v) is 17.4. The summed E-state index contributed by atoms with van der Waals surface area (Å²) in [5, 5.41) is 13.0. The lowest BCUT2D eigenvalue weighted by atomic mass is 9.49. The van der Waals surface area contributed by atoms with Crippen LogP contribution in [0.15, 0.2) is 84.4 Å². The van der Waals surface area contributed by atoms with Gasteiger partial charge in [0.2, 0.25) is 11.8 Å². The maximum atomic E-state index is 15.2. The van der Waals surface area contributed by atoms with E-state index in [4.69, 9.17) is 11.6 Å². The fourth-order valence-corrected chi connectivity index (χ4v) is 9.75. The van der Waals surface area contributed by atoms with Gasteiger partial charge in [-0.3, -0.25) is 29.5 Å². The molecule has 4 amide bonds. The monoisotopic (exact) mass is 663 g/mol. The third kappa shape index (κ3) is 4.48. The number of halogens is 1. The number of nitrogens with zero attached hydrogens (tertiary/aromatic N) is 2. The molecule has 6 atom stereocenters. The standard InChI is InChI=1S/C39H38ClN3O5/c1-22-12-15-25(16-13-22)41-43-36(46)31-21-29-27(17-18-28-33(29)37(47)42(35(28)45)26-10-6-3-7-11-26)34(30-20-24(40)14-19-32(30)44)39(31,38(43)48)23-8-4-2-5-9-23/h2,4-5,8-9,12-17,19-20,26,28-29,31,33-34,41,44H,3,6-7,10-11,18,21H2,1H3. The van der Waals surface area contributed by atoms with E-state index in [2.05, 4.69) is 5.43 Å². The van der Waals surface area contributed by atoms with Crippen molar-refractivity contribution in [1.82, 2.24) is 9.91 Å². The van der Waals surface area contributed by atoms with Crippen molar-refractivity contribution < 1.29 is 24.3 Å². The fourth-order valence-electron chi connectivity index (χ4n) is 9.57. The number of allylic oxidation sites excluding steroid dienone is 2. The first-order valence-electron chi connectivity index (χ1n) is 17.0. The predicted octanol–water partition coefficient (Wildman–Crippen LogP) is 6.67. The lowest BCUT2D eigenvalue weighted by Gasteiger charge is -2.50. The number of benzene rings is 3. The largest absolute Gasteiger partial charge is 0.508 e. The van der Waals surface area contributed by atoms with Gasteiger partial charge >= 0.3 is 0 Å². The molecule has 48 heavy (non-hydrogen) atoms. The Morgan fingerprint density at radius 3 is 2.31 bits per heavy atom. The molecule has 2 saturated heterocycles. The van der Waals surface area contributed by atoms with Crippen molar-refractivity contribution in [2.24, 2.45) is 23.7 Å². The third-order valence-corrected chi connectivity index (χ3v) is 11.9. The number of carbonyl (C=O) groups excluding carboxylic acids is 4. The average molecular weight is 664 g/mol. The molecule has 3 aromatic rings. The first-order chi connectivity index (χ1) is 23.2. The number of anilines is 1. The summed E-state index contributed by atoms with van der Waals surface area (Å²) in [5.41, 5.74) is 5.14. The van der Waals surface area contributed by atoms with E-state index in [-0.39, 0.29) is 30.0 Å². The Balaban J connectivity index is 1.31. The molecule has 0 aromatic heterocycles. The van der Waals surface area contributed by atoms with Crippen molar-refractivity contribution in [2.75, 3.05) is 5.43 Å². The highest BCUT2D eigenvalue weighted by Crippen LogP contribution is 2.65. The molecule has 5 aliphatic rings. The van der Waals surface area contributed by atoms with Crippen LogP contribution < -0.4 is 5.43 Å². The number of carbonyl (C=O) groups is 4. The van der Waals surface area contributed by atoms with Gasteiger partial charge < -0.3 is 5.11 Å². The van der Waals surface area contributed by atoms with Gasteiger partial charge in [-0.1, -0.05) is 90.5 Å². The van der Waals surface area contributed by atoms with Crippen LogP contribution in [-0.2, 0) is 24.6 Å². The van der Waals surface area contributed by atoms with Crippen molar-refractivity contribution in [1.29, 1.82) is 0 Å². The number of fused-ring (bicyclic) bond motifs is 4. The number of hydrazine groups is 1. The second-order valence-corrected chi connectivity index (χ2v) is 14.6. The molecule has 4 fully saturated rings. The van der Waals surface area contributed by atoms with Gasteiger partial charge in [0.1, 0.15) is 5.75 Å². The molecular weight excluding hydrogens is 626 g/mol. The molecule has 0 radical (unpaired) electrons. The van der Waals surface area contributed by atoms with Crippen molar-refractivity contribution in [3.63, 3.8) is 0 Å². The van der Waals surface area contributed by atoms with Crippen LogP contribution in [0, 0.1) is 30.6 Å². The Hall–Kier alpha value is -4.43. The number of imide groups is 2. The van der Waals surface area contributed by atoms with Gasteiger partial charge in [-0.25, -0.2) is 0 Å². The van der Waals surface area contributed by atoms with Crippen LogP contribution >= 0.6 is 11.6 Å². The highest BCUT2D eigenvalue weighted by atomic mass is 35.5. The van der Waals surface area contributed by atoms with E-state index in [0.29, 0.717) is 28.3 Å². The molecule has 2 heterocycles. The zero-order valence-electron chi connectivity index (χ0n) is 26.8. The minimum Gasteiger partial charge on any atom is -0.508 e. The van der Waals surface area contributed by atoms with Crippen LogP contribution in [0.1, 0.15) is 67.6 Å². The number of amides is 4. The van der Waals surface area contributed by atoms with Crippen LogP contribution in [0.3, 0.4) is 0 Å². The summed E-state index contributed by atoms with van der Waals surface area (Å²) >= 11 is 6.59. The first kappa shape index (κ1) is 30.9. The Labute approximate surface area is 284 Å². The quantitative estimate of drug-likeness (QED) is 0.233. The highest BCUT2D eigenvalue weighted by Gasteiger charge is 2.70. The maximum absolute atomic E-state index is 15.2. The van der Waals surface area contributed by atoms with Gasteiger partial charge in [0.25, 0.3) is 11.8 Å². The highest BCUT2D eigenvalue weighted by molar-refractivity contribution is 6.30. The summed E-state index contributed by atoms with van der Waals surface area (Å²) in [6, 6.07) is 21.4. The van der Waals surface area contributed by atoms with E-state index < -0.39 is 46.8 Å². The lowest BCUT2D eigenvalue weighted by molar-refractivity contribution is -0.144. The second-order valence-electron chi connectivity index (χ2n) is 14.1. The SMILES string of the molecule is Cc1ccc(NN2C(=O)C3CC4C(=CCC5C(=O)N(C6CCCCC6)C(=O)C54)C(c4cc(Cl)ccc4O)C3(c3ccccc3)C2=O)cc1. The molecule has 9 heteroatoms.